The highest BCUT2D eigenvalue weighted by atomic mass is 35.5. The van der Waals surface area contributed by atoms with Gasteiger partial charge in [0.2, 0.25) is 0 Å². The van der Waals surface area contributed by atoms with Gasteiger partial charge in [-0.1, -0.05) is 66.6 Å². The lowest BCUT2D eigenvalue weighted by Gasteiger charge is -2.26. The Labute approximate surface area is 238 Å². The molecule has 38 heavy (non-hydrogen) atoms. The predicted molar refractivity (Wildman–Crippen MR) is 151 cm³/mol. The number of Topliss-reactive ketones (excluding diaryl/α,β-unsaturated/α-hetero) is 1. The molecule has 12 heteroatoms. The first-order valence-corrected chi connectivity index (χ1v) is 12.9. The van der Waals surface area contributed by atoms with Crippen molar-refractivity contribution in [3.63, 3.8) is 0 Å². The van der Waals surface area contributed by atoms with Crippen LogP contribution in [0.25, 0.3) is 0 Å². The maximum absolute atomic E-state index is 12.5. The fourth-order valence-electron chi connectivity index (χ4n) is 2.80. The summed E-state index contributed by atoms with van der Waals surface area (Å²) in [7, 11) is 1.29. The zero-order valence-electron chi connectivity index (χ0n) is 21.3. The van der Waals surface area contributed by atoms with E-state index in [1.54, 1.807) is 36.5 Å². The number of thiol groups is 1. The number of ether oxygens (including phenoxy) is 2. The number of ketones is 1. The van der Waals surface area contributed by atoms with Crippen LogP contribution >= 0.6 is 35.8 Å². The van der Waals surface area contributed by atoms with E-state index in [1.807, 2.05) is 6.92 Å². The molecule has 6 atom stereocenters. The van der Waals surface area contributed by atoms with E-state index >= 15 is 0 Å². The number of esters is 1. The molecule has 9 nitrogen and oxygen atoms in total. The minimum atomic E-state index is -1.86. The number of nitrogens with two attached hydrogens (primary N) is 1. The van der Waals surface area contributed by atoms with Crippen molar-refractivity contribution in [3.8, 4) is 0 Å². The normalized spacial score (nSPS) is 18.0. The number of aliphatic hydroxyl groups excluding tert-OH is 3. The monoisotopic (exact) mass is 591 g/mol. The largest absolute Gasteiger partial charge is 0.466 e. The topological polar surface area (TPSA) is 156 Å². The van der Waals surface area contributed by atoms with Gasteiger partial charge >= 0.3 is 12.1 Å². The fourth-order valence-corrected chi connectivity index (χ4v) is 3.34. The molecule has 0 aliphatic heterocycles. The van der Waals surface area contributed by atoms with E-state index in [1.165, 1.54) is 38.3 Å². The molecular weight excluding hydrogens is 557 g/mol. The molecule has 212 valence electrons. The lowest BCUT2D eigenvalue weighted by molar-refractivity contribution is -0.136. The minimum absolute atomic E-state index is 0.172. The van der Waals surface area contributed by atoms with Crippen molar-refractivity contribution in [2.75, 3.05) is 12.9 Å². The fraction of sp³-hybridized carbons (Fsp3) is 0.423. The summed E-state index contributed by atoms with van der Waals surface area (Å²) in [5.74, 6) is -1.86. The van der Waals surface area contributed by atoms with Crippen molar-refractivity contribution in [1.82, 2.24) is 0 Å². The van der Waals surface area contributed by atoms with Crippen LogP contribution in [0.3, 0.4) is 0 Å². The first kappa shape index (κ1) is 35.7. The molecule has 0 rings (SSSR count). The Kier molecular flexibility index (Phi) is 18.5. The maximum Gasteiger partial charge on any atom is 0.405 e. The van der Waals surface area contributed by atoms with Crippen LogP contribution in [0.1, 0.15) is 20.3 Å². The molecule has 0 heterocycles. The van der Waals surface area contributed by atoms with Crippen molar-refractivity contribution in [3.05, 3.63) is 71.4 Å². The van der Waals surface area contributed by atoms with E-state index < -0.39 is 60.0 Å². The van der Waals surface area contributed by atoms with Gasteiger partial charge in [0.25, 0.3) is 0 Å². The van der Waals surface area contributed by atoms with Gasteiger partial charge in [-0.2, -0.15) is 12.6 Å². The van der Waals surface area contributed by atoms with E-state index in [9.17, 15) is 29.7 Å². The number of hydrogen-bond acceptors (Lipinski definition) is 9. The van der Waals surface area contributed by atoms with Crippen molar-refractivity contribution in [2.45, 2.75) is 50.1 Å². The zero-order valence-corrected chi connectivity index (χ0v) is 23.7. The van der Waals surface area contributed by atoms with E-state index in [0.29, 0.717) is 5.75 Å². The minimum Gasteiger partial charge on any atom is -0.466 e. The molecule has 1 amide bonds. The van der Waals surface area contributed by atoms with Crippen LogP contribution in [-0.2, 0) is 19.1 Å². The summed E-state index contributed by atoms with van der Waals surface area (Å²) in [5.41, 5.74) is 5.88. The van der Waals surface area contributed by atoms with Gasteiger partial charge in [-0.15, -0.1) is 11.6 Å². The van der Waals surface area contributed by atoms with Crippen molar-refractivity contribution < 1.29 is 39.2 Å². The van der Waals surface area contributed by atoms with Gasteiger partial charge in [0.05, 0.1) is 19.3 Å². The summed E-state index contributed by atoms with van der Waals surface area (Å²) >= 11 is 16.4. The highest BCUT2D eigenvalue weighted by molar-refractivity contribution is 7.80. The standard InChI is InChI=1S/C26H35Cl2NO8S/c1-16(10-5-7-13-22(32)36-3)9-4-6-11-18(27)17(2)24(33)25(34)20(31)15-19(30)23(28)21(12-8-14-38)37-26(29)35/h4-13,17,19,21,23-25,30,33-34,38H,14-15H2,1-3H3,(H2,29,35)/b6-4+,10-5+,12-8+,13-7+,16-9+,18-11-/t17-,19-,21-,23+,24-,25-/m1/s1. The molecule has 0 aromatic carbocycles. The molecule has 0 unspecified atom stereocenters. The lowest BCUT2D eigenvalue weighted by atomic mass is 9.93. The average Bonchev–Trinajstić information content (AvgIpc) is 2.88. The molecule has 0 aromatic heterocycles. The van der Waals surface area contributed by atoms with Crippen LogP contribution < -0.4 is 5.73 Å². The molecule has 0 fully saturated rings. The maximum atomic E-state index is 12.5. The highest BCUT2D eigenvalue weighted by Gasteiger charge is 2.34. The van der Waals surface area contributed by atoms with E-state index in [4.69, 9.17) is 33.7 Å². The van der Waals surface area contributed by atoms with Crippen LogP contribution in [0.5, 0.6) is 0 Å². The Morgan fingerprint density at radius 1 is 1.05 bits per heavy atom. The quantitative estimate of drug-likeness (QED) is 0.0457. The second-order valence-corrected chi connectivity index (χ2v) is 9.31. The van der Waals surface area contributed by atoms with Gasteiger partial charge in [0, 0.05) is 29.2 Å². The van der Waals surface area contributed by atoms with Crippen molar-refractivity contribution in [1.29, 1.82) is 0 Å². The number of amides is 1. The molecule has 5 N–H and O–H groups in total. The zero-order chi connectivity index (χ0) is 29.3. The smallest absolute Gasteiger partial charge is 0.405 e. The van der Waals surface area contributed by atoms with Gasteiger partial charge in [-0.3, -0.25) is 4.79 Å². The Morgan fingerprint density at radius 3 is 2.24 bits per heavy atom. The number of alkyl halides is 1. The Bertz CT molecular complexity index is 961. The molecule has 0 saturated carbocycles. The van der Waals surface area contributed by atoms with Crippen LogP contribution in [0.4, 0.5) is 4.79 Å². The number of methoxy groups -OCH3 is 1. The second-order valence-electron chi connectivity index (χ2n) is 8.01. The lowest BCUT2D eigenvalue weighted by Crippen LogP contribution is -2.43. The van der Waals surface area contributed by atoms with E-state index in [0.717, 1.165) is 5.57 Å². The number of allylic oxidation sites excluding steroid dienone is 8. The molecule has 0 bridgehead atoms. The van der Waals surface area contributed by atoms with Gasteiger partial charge in [0.15, 0.2) is 5.78 Å². The van der Waals surface area contributed by atoms with E-state index in [2.05, 4.69) is 17.4 Å². The average molecular weight is 593 g/mol. The van der Waals surface area contributed by atoms with Gasteiger partial charge in [-0.25, -0.2) is 9.59 Å². The number of primary amides is 1. The summed E-state index contributed by atoms with van der Waals surface area (Å²) in [5, 5.41) is 30.0. The van der Waals surface area contributed by atoms with Gasteiger partial charge in [-0.05, 0) is 19.1 Å². The third kappa shape index (κ3) is 14.6. The van der Waals surface area contributed by atoms with Crippen LogP contribution in [-0.4, -0.2) is 75.8 Å². The molecule has 0 aliphatic carbocycles. The summed E-state index contributed by atoms with van der Waals surface area (Å²) in [6, 6.07) is 0. The third-order valence-electron chi connectivity index (χ3n) is 5.01. The summed E-state index contributed by atoms with van der Waals surface area (Å²) in [6.45, 7) is 3.36. The highest BCUT2D eigenvalue weighted by Crippen LogP contribution is 2.23. The van der Waals surface area contributed by atoms with Gasteiger partial charge < -0.3 is 30.5 Å². The number of hydrogen-bond donors (Lipinski definition) is 5. The van der Waals surface area contributed by atoms with E-state index in [-0.39, 0.29) is 5.03 Å². The molecule has 0 aromatic rings. The second kappa shape index (κ2) is 19.7. The first-order valence-electron chi connectivity index (χ1n) is 11.4. The van der Waals surface area contributed by atoms with Crippen molar-refractivity contribution in [2.24, 2.45) is 11.7 Å². The van der Waals surface area contributed by atoms with Crippen LogP contribution in [0.15, 0.2) is 71.4 Å². The Morgan fingerprint density at radius 2 is 1.66 bits per heavy atom. The Hall–Kier alpha value is -2.34. The Balaban J connectivity index is 5.09. The molecule has 0 aliphatic rings. The van der Waals surface area contributed by atoms with Crippen molar-refractivity contribution >= 4 is 53.7 Å². The SMILES string of the molecule is COC(=O)/C=C/C=C/C(C)=C/C=C/C=C(\Cl)[C@@H](C)[C@@H](O)[C@H](O)C(=O)C[C@@H](O)[C@H](Cl)[C@@H](/C=C/CS)OC(N)=O. The molecule has 0 radical (unpaired) electrons. The molecule has 0 saturated heterocycles. The predicted octanol–water partition coefficient (Wildman–Crippen LogP) is 3.13. The summed E-state index contributed by atoms with van der Waals surface area (Å²) in [4.78, 5) is 34.6. The van der Waals surface area contributed by atoms with Gasteiger partial charge in [0.1, 0.15) is 17.6 Å². The summed E-state index contributed by atoms with van der Waals surface area (Å²) < 4.78 is 9.32. The molecule has 0 spiro atoms. The number of aliphatic hydroxyl groups is 3. The number of carbonyl (C=O) groups is 3. The van der Waals surface area contributed by atoms with Crippen LogP contribution in [0.2, 0.25) is 0 Å². The third-order valence-corrected chi connectivity index (χ3v) is 6.23. The van der Waals surface area contributed by atoms with Crippen LogP contribution in [0, 0.1) is 5.92 Å². The number of rotatable bonds is 16. The number of halogens is 2. The first-order chi connectivity index (χ1) is 17.8. The number of carbonyl (C=O) groups excluding carboxylic acids is 3. The summed E-state index contributed by atoms with van der Waals surface area (Å²) in [6.07, 6.45) is 7.87. The molecular formula is C26H35Cl2NO8S.